The van der Waals surface area contributed by atoms with Gasteiger partial charge in [0.15, 0.2) is 11.5 Å². The standard InChI is InChI=1S/C37H29F39O4/c38-20(39,23(44,45)26(50,51)29(56,57)32(62,63)35(68,69)70)7-1-4-10-78-17-13-16(15-77)14-18(79-11-5-2-8-21(40,41)24(46,47)27(52,53)30(58,59)33(64,65)36(71,72)73)19(17)80-12-6-3-9-22(42,43)25(48,49)28(54,55)31(60,61)34(66,67)37(74,75)76/h13-14,77H,1-12,15H2. The number of aliphatic hydroxyl groups excluding tert-OH is 1. The van der Waals surface area contributed by atoms with Gasteiger partial charge in [-0.25, -0.2) is 0 Å². The van der Waals surface area contributed by atoms with Gasteiger partial charge in [0.2, 0.25) is 5.75 Å². The highest BCUT2D eigenvalue weighted by Crippen LogP contribution is 2.64. The third-order valence-electron chi connectivity index (χ3n) is 10.7. The summed E-state index contributed by atoms with van der Waals surface area (Å²) in [6.07, 6.45) is -41.5. The van der Waals surface area contributed by atoms with Crippen LogP contribution in [0.2, 0.25) is 0 Å². The zero-order valence-corrected chi connectivity index (χ0v) is 37.8. The van der Waals surface area contributed by atoms with Gasteiger partial charge in [-0.2, -0.15) is 171 Å². The van der Waals surface area contributed by atoms with Crippen LogP contribution in [-0.4, -0.2) is 132 Å². The summed E-state index contributed by atoms with van der Waals surface area (Å²) in [5, 5.41) is 9.60. The number of benzene rings is 1. The maximum Gasteiger partial charge on any atom is 0.460 e. The number of rotatable bonds is 31. The van der Waals surface area contributed by atoms with Crippen LogP contribution in [0.1, 0.15) is 63.4 Å². The molecule has 43 heteroatoms. The van der Waals surface area contributed by atoms with E-state index in [1.165, 1.54) is 0 Å². The van der Waals surface area contributed by atoms with E-state index in [0.29, 0.717) is 12.1 Å². The fourth-order valence-corrected chi connectivity index (χ4v) is 5.84. The molecule has 1 aromatic rings. The Morgan fingerprint density at radius 2 is 0.463 bits per heavy atom. The molecule has 0 unspecified atom stereocenters. The van der Waals surface area contributed by atoms with E-state index in [1.54, 1.807) is 0 Å². The summed E-state index contributed by atoms with van der Waals surface area (Å²) >= 11 is 0. The van der Waals surface area contributed by atoms with Gasteiger partial charge in [0.05, 0.1) is 26.4 Å². The van der Waals surface area contributed by atoms with Crippen molar-refractivity contribution in [3.05, 3.63) is 17.7 Å². The quantitative estimate of drug-likeness (QED) is 0.0595. The lowest BCUT2D eigenvalue weighted by Crippen LogP contribution is -2.70. The average molecular weight is 1280 g/mol. The highest BCUT2D eigenvalue weighted by atomic mass is 19.5. The fraction of sp³-hybridized carbons (Fsp3) is 0.838. The van der Waals surface area contributed by atoms with Gasteiger partial charge >= 0.3 is 107 Å². The smallest absolute Gasteiger partial charge is 0.460 e. The number of unbranched alkanes of at least 4 members (excludes halogenated alkanes) is 3. The van der Waals surface area contributed by atoms with Crippen LogP contribution in [0.4, 0.5) is 171 Å². The second-order valence-electron chi connectivity index (χ2n) is 16.5. The van der Waals surface area contributed by atoms with Crippen molar-refractivity contribution in [2.75, 3.05) is 19.8 Å². The summed E-state index contributed by atoms with van der Waals surface area (Å²) < 4.78 is 540. The third kappa shape index (κ3) is 12.7. The Bertz CT molecular complexity index is 2080. The molecule has 0 bridgehead atoms. The minimum absolute atomic E-state index is 0.420. The van der Waals surface area contributed by atoms with Gasteiger partial charge in [0, 0.05) is 19.3 Å². The molecule has 0 aromatic heterocycles. The van der Waals surface area contributed by atoms with Gasteiger partial charge in [0.25, 0.3) is 0 Å². The largest absolute Gasteiger partial charge is 0.490 e. The van der Waals surface area contributed by atoms with E-state index in [-0.39, 0.29) is 0 Å². The summed E-state index contributed by atoms with van der Waals surface area (Å²) in [6.45, 7) is -5.70. The summed E-state index contributed by atoms with van der Waals surface area (Å²) in [5.41, 5.74) is -0.687. The average Bonchev–Trinajstić information content (AvgIpc) is 3.26. The number of aliphatic hydroxyl groups is 1. The molecule has 474 valence electrons. The third-order valence-corrected chi connectivity index (χ3v) is 10.7. The van der Waals surface area contributed by atoms with Gasteiger partial charge in [-0.05, 0) is 56.2 Å². The van der Waals surface area contributed by atoms with Crippen LogP contribution in [0.5, 0.6) is 17.2 Å². The van der Waals surface area contributed by atoms with Gasteiger partial charge in [0.1, 0.15) is 0 Å². The van der Waals surface area contributed by atoms with Crippen molar-refractivity contribution >= 4 is 0 Å². The fourth-order valence-electron chi connectivity index (χ4n) is 5.84. The second-order valence-corrected chi connectivity index (χ2v) is 16.5. The lowest BCUT2D eigenvalue weighted by molar-refractivity contribution is -0.440. The first-order chi connectivity index (χ1) is 35.0. The number of ether oxygens (including phenoxy) is 3. The zero-order chi connectivity index (χ0) is 64.0. The molecule has 1 aromatic carbocycles. The van der Waals surface area contributed by atoms with E-state index < -0.39 is 214 Å². The summed E-state index contributed by atoms with van der Waals surface area (Å²) in [6, 6.07) is 0.839. The molecule has 0 atom stereocenters. The topological polar surface area (TPSA) is 47.9 Å². The van der Waals surface area contributed by atoms with E-state index in [0.717, 1.165) is 0 Å². The maximum absolute atomic E-state index is 14.3. The van der Waals surface area contributed by atoms with Crippen LogP contribution in [0, 0.1) is 0 Å². The molecule has 0 aliphatic rings. The molecule has 0 saturated carbocycles. The van der Waals surface area contributed by atoms with Crippen molar-refractivity contribution in [3.63, 3.8) is 0 Å². The normalized spacial score (nSPS) is 15.7. The highest BCUT2D eigenvalue weighted by molar-refractivity contribution is 5.54. The minimum Gasteiger partial charge on any atom is -0.490 e. The predicted molar refractivity (Wildman–Crippen MR) is 183 cm³/mol. The van der Waals surface area contributed by atoms with Gasteiger partial charge in [-0.3, -0.25) is 0 Å². The van der Waals surface area contributed by atoms with Crippen LogP contribution in [0.25, 0.3) is 0 Å². The molecule has 0 heterocycles. The minimum atomic E-state index is -8.33. The van der Waals surface area contributed by atoms with E-state index in [4.69, 9.17) is 14.2 Å². The Morgan fingerprint density at radius 1 is 0.263 bits per heavy atom. The molecule has 1 N–H and O–H groups in total. The first kappa shape index (κ1) is 73.9. The Labute approximate surface area is 417 Å². The van der Waals surface area contributed by atoms with Gasteiger partial charge in [-0.15, -0.1) is 0 Å². The van der Waals surface area contributed by atoms with Crippen molar-refractivity contribution < 1.29 is 191 Å². The van der Waals surface area contributed by atoms with Crippen LogP contribution < -0.4 is 14.2 Å². The SMILES string of the molecule is OCc1cc(OCCCCC(F)(F)C(F)(F)C(F)(F)C(F)(F)C(F)(F)C(F)(F)F)c(OCCCCC(F)(F)C(F)(F)C(F)(F)C(F)(F)C(F)(F)C(F)(F)F)c(OCCCCC(F)(F)C(F)(F)C(F)(F)C(F)(F)C(F)(F)C(F)(F)F)c1. The van der Waals surface area contributed by atoms with E-state index in [2.05, 4.69) is 0 Å². The predicted octanol–water partition coefficient (Wildman–Crippen LogP) is 17.0. The lowest BCUT2D eigenvalue weighted by atomic mass is 9.92. The summed E-state index contributed by atoms with van der Waals surface area (Å²) in [7, 11) is 0. The van der Waals surface area contributed by atoms with E-state index >= 15 is 0 Å². The lowest BCUT2D eigenvalue weighted by Gasteiger charge is -2.39. The van der Waals surface area contributed by atoms with Crippen LogP contribution in [0.3, 0.4) is 0 Å². The summed E-state index contributed by atoms with van der Waals surface area (Å²) in [4.78, 5) is 0. The van der Waals surface area contributed by atoms with Crippen LogP contribution in [0.15, 0.2) is 12.1 Å². The highest BCUT2D eigenvalue weighted by Gasteiger charge is 2.93. The van der Waals surface area contributed by atoms with Crippen molar-refractivity contribution in [2.24, 2.45) is 0 Å². The van der Waals surface area contributed by atoms with E-state index in [1.807, 2.05) is 0 Å². The molecule has 0 spiro atoms. The number of halogens is 39. The van der Waals surface area contributed by atoms with Gasteiger partial charge < -0.3 is 19.3 Å². The molecule has 0 saturated heterocycles. The second kappa shape index (κ2) is 22.8. The first-order valence-corrected chi connectivity index (χ1v) is 20.5. The van der Waals surface area contributed by atoms with E-state index in [9.17, 15) is 176 Å². The molecule has 0 fully saturated rings. The van der Waals surface area contributed by atoms with Gasteiger partial charge in [-0.1, -0.05) is 0 Å². The molecule has 80 heavy (non-hydrogen) atoms. The number of alkyl halides is 39. The molecular weight excluding hydrogens is 1250 g/mol. The Hall–Kier alpha value is -4.15. The molecule has 0 aliphatic carbocycles. The molecular formula is C37H29F39O4. The molecule has 4 nitrogen and oxygen atoms in total. The zero-order valence-electron chi connectivity index (χ0n) is 37.8. The maximum atomic E-state index is 14.3. The Balaban J connectivity index is 3.58. The van der Waals surface area contributed by atoms with Crippen molar-refractivity contribution in [3.8, 4) is 17.2 Å². The van der Waals surface area contributed by atoms with Crippen molar-refractivity contribution in [1.82, 2.24) is 0 Å². The van der Waals surface area contributed by atoms with Crippen LogP contribution >= 0.6 is 0 Å². The first-order valence-electron chi connectivity index (χ1n) is 20.5. The number of hydrogen-bond acceptors (Lipinski definition) is 4. The molecule has 0 aliphatic heterocycles. The summed E-state index contributed by atoms with van der Waals surface area (Å²) in [5.74, 6) is -121. The van der Waals surface area contributed by atoms with Crippen molar-refractivity contribution in [1.29, 1.82) is 0 Å². The Kier molecular flexibility index (Phi) is 21.0. The van der Waals surface area contributed by atoms with Crippen molar-refractivity contribution in [2.45, 2.75) is 172 Å². The molecule has 0 radical (unpaired) electrons. The monoisotopic (exact) mass is 1280 g/mol. The number of hydrogen-bond donors (Lipinski definition) is 1. The Morgan fingerprint density at radius 3 is 0.662 bits per heavy atom. The molecule has 1 rings (SSSR count). The van der Waals surface area contributed by atoms with Crippen LogP contribution in [-0.2, 0) is 6.61 Å². The molecule has 0 amide bonds.